The van der Waals surface area contributed by atoms with E-state index >= 15 is 0 Å². The SMILES string of the molecule is CC1CC[P+](O)(c2ccccc2I)C1. The van der Waals surface area contributed by atoms with E-state index in [4.69, 9.17) is 0 Å². The smallest absolute Gasteiger partial charge is 0.175 e. The highest BCUT2D eigenvalue weighted by molar-refractivity contribution is 14.1. The molecule has 1 aliphatic heterocycles. The lowest BCUT2D eigenvalue weighted by molar-refractivity contribution is 0.612. The molecule has 1 aromatic carbocycles. The Labute approximate surface area is 99.5 Å². The molecule has 1 nitrogen and oxygen atoms in total. The Hall–Kier alpha value is 0.340. The number of rotatable bonds is 1. The maximum Gasteiger partial charge on any atom is 0.175 e. The minimum absolute atomic E-state index is 0.698. The van der Waals surface area contributed by atoms with Gasteiger partial charge < -0.3 is 0 Å². The summed E-state index contributed by atoms with van der Waals surface area (Å²) in [6.07, 6.45) is 3.23. The normalized spacial score (nSPS) is 32.1. The Kier molecular flexibility index (Phi) is 3.15. The third-order valence-electron chi connectivity index (χ3n) is 2.91. The van der Waals surface area contributed by atoms with Crippen LogP contribution in [0.2, 0.25) is 0 Å². The van der Waals surface area contributed by atoms with E-state index in [0.29, 0.717) is 5.92 Å². The molecule has 1 aromatic rings. The summed E-state index contributed by atoms with van der Waals surface area (Å²) < 4.78 is 1.23. The van der Waals surface area contributed by atoms with Gasteiger partial charge in [0.2, 0.25) is 0 Å². The molecule has 1 N–H and O–H groups in total. The highest BCUT2D eigenvalue weighted by atomic mass is 127. The molecule has 1 fully saturated rings. The van der Waals surface area contributed by atoms with Gasteiger partial charge in [0.25, 0.3) is 0 Å². The molecule has 1 saturated heterocycles. The van der Waals surface area contributed by atoms with Crippen molar-refractivity contribution in [3.8, 4) is 0 Å². The maximum absolute atomic E-state index is 10.6. The van der Waals surface area contributed by atoms with Crippen LogP contribution in [0.1, 0.15) is 13.3 Å². The van der Waals surface area contributed by atoms with Crippen LogP contribution in [0.25, 0.3) is 0 Å². The third-order valence-corrected chi connectivity index (χ3v) is 7.79. The second-order valence-electron chi connectivity index (χ2n) is 4.17. The number of hydrogen-bond acceptors (Lipinski definition) is 1. The van der Waals surface area contributed by atoms with E-state index < -0.39 is 7.49 Å². The van der Waals surface area contributed by atoms with Crippen molar-refractivity contribution >= 4 is 35.4 Å². The van der Waals surface area contributed by atoms with E-state index in [0.717, 1.165) is 12.3 Å². The van der Waals surface area contributed by atoms with Crippen molar-refractivity contribution in [1.82, 2.24) is 0 Å². The van der Waals surface area contributed by atoms with Crippen LogP contribution in [0.4, 0.5) is 0 Å². The summed E-state index contributed by atoms with van der Waals surface area (Å²) in [5.74, 6) is 0.698. The minimum atomic E-state index is -1.77. The molecule has 3 heteroatoms. The van der Waals surface area contributed by atoms with Crippen LogP contribution >= 0.6 is 30.1 Å². The van der Waals surface area contributed by atoms with E-state index in [1.165, 1.54) is 15.3 Å². The number of halogens is 1. The lowest BCUT2D eigenvalue weighted by atomic mass is 10.2. The van der Waals surface area contributed by atoms with Crippen LogP contribution in [-0.4, -0.2) is 17.2 Å². The molecule has 14 heavy (non-hydrogen) atoms. The van der Waals surface area contributed by atoms with Gasteiger partial charge in [0.1, 0.15) is 5.30 Å². The molecule has 1 aliphatic rings. The predicted molar refractivity (Wildman–Crippen MR) is 71.4 cm³/mol. The fourth-order valence-corrected chi connectivity index (χ4v) is 7.41. The zero-order chi connectivity index (χ0) is 10.2. The molecule has 0 aromatic heterocycles. The van der Waals surface area contributed by atoms with Crippen molar-refractivity contribution in [2.24, 2.45) is 5.92 Å². The summed E-state index contributed by atoms with van der Waals surface area (Å²) in [6.45, 7) is 2.24. The van der Waals surface area contributed by atoms with Crippen molar-refractivity contribution in [2.45, 2.75) is 13.3 Å². The van der Waals surface area contributed by atoms with Gasteiger partial charge >= 0.3 is 0 Å². The van der Waals surface area contributed by atoms with Gasteiger partial charge in [0.05, 0.1) is 15.9 Å². The Morgan fingerprint density at radius 1 is 1.43 bits per heavy atom. The zero-order valence-electron chi connectivity index (χ0n) is 8.28. The maximum atomic E-state index is 10.6. The monoisotopic (exact) mass is 321 g/mol. The number of benzene rings is 1. The standard InChI is InChI=1S/C11H15IOP/c1-9-6-7-14(13,8-9)11-5-3-2-4-10(11)12/h2-5,9,13H,6-8H2,1H3/q+1. The van der Waals surface area contributed by atoms with Gasteiger partial charge in [-0.15, -0.1) is 0 Å². The Morgan fingerprint density at radius 3 is 2.71 bits per heavy atom. The average molecular weight is 321 g/mol. The fourth-order valence-electron chi connectivity index (χ4n) is 2.14. The zero-order valence-corrected chi connectivity index (χ0v) is 11.3. The molecule has 2 atom stereocenters. The van der Waals surface area contributed by atoms with Crippen LogP contribution in [0.5, 0.6) is 0 Å². The van der Waals surface area contributed by atoms with Crippen molar-refractivity contribution in [2.75, 3.05) is 12.3 Å². The molecule has 0 bridgehead atoms. The topological polar surface area (TPSA) is 20.2 Å². The lowest BCUT2D eigenvalue weighted by Gasteiger charge is -2.15. The summed E-state index contributed by atoms with van der Waals surface area (Å²) in [4.78, 5) is 10.6. The fraction of sp³-hybridized carbons (Fsp3) is 0.455. The largest absolute Gasteiger partial charge is 0.246 e. The number of hydrogen-bond donors (Lipinski definition) is 1. The molecule has 0 spiro atoms. The highest BCUT2D eigenvalue weighted by Gasteiger charge is 2.46. The Morgan fingerprint density at radius 2 is 2.14 bits per heavy atom. The van der Waals surface area contributed by atoms with E-state index in [1.54, 1.807) is 0 Å². The summed E-state index contributed by atoms with van der Waals surface area (Å²) in [5.41, 5.74) is 0. The predicted octanol–water partition coefficient (Wildman–Crippen LogP) is 2.88. The minimum Gasteiger partial charge on any atom is -0.246 e. The van der Waals surface area contributed by atoms with Crippen LogP contribution in [0.3, 0.4) is 0 Å². The molecule has 0 saturated carbocycles. The Bertz CT molecular complexity index is 342. The third kappa shape index (κ3) is 1.98. The molecule has 1 heterocycles. The van der Waals surface area contributed by atoms with Gasteiger partial charge in [0.15, 0.2) is 7.49 Å². The first kappa shape index (κ1) is 10.8. The molecule has 2 unspecified atom stereocenters. The lowest BCUT2D eigenvalue weighted by Crippen LogP contribution is -2.16. The molecular formula is C11H15IOP+. The highest BCUT2D eigenvalue weighted by Crippen LogP contribution is 2.60. The van der Waals surface area contributed by atoms with Gasteiger partial charge in [-0.1, -0.05) is 19.1 Å². The van der Waals surface area contributed by atoms with E-state index in [9.17, 15) is 4.89 Å². The van der Waals surface area contributed by atoms with Gasteiger partial charge in [0, 0.05) is 0 Å². The van der Waals surface area contributed by atoms with E-state index in [1.807, 2.05) is 12.1 Å². The van der Waals surface area contributed by atoms with Gasteiger partial charge in [-0.25, -0.2) is 4.89 Å². The van der Waals surface area contributed by atoms with Crippen LogP contribution in [0, 0.1) is 9.49 Å². The van der Waals surface area contributed by atoms with Gasteiger partial charge in [-0.2, -0.15) is 0 Å². The molecular weight excluding hydrogens is 306 g/mol. The van der Waals surface area contributed by atoms with Gasteiger partial charge in [-0.05, 0) is 47.1 Å². The van der Waals surface area contributed by atoms with E-state index in [2.05, 4.69) is 41.6 Å². The summed E-state index contributed by atoms with van der Waals surface area (Å²) in [6, 6.07) is 8.28. The first-order valence-corrected chi connectivity index (χ1v) is 8.16. The second-order valence-corrected chi connectivity index (χ2v) is 8.48. The molecule has 0 radical (unpaired) electrons. The summed E-state index contributed by atoms with van der Waals surface area (Å²) in [5, 5.41) is 1.23. The molecule has 0 amide bonds. The second kappa shape index (κ2) is 4.07. The van der Waals surface area contributed by atoms with Crippen molar-refractivity contribution < 1.29 is 4.89 Å². The van der Waals surface area contributed by atoms with Gasteiger partial charge in [-0.3, -0.25) is 0 Å². The van der Waals surface area contributed by atoms with Crippen LogP contribution in [0.15, 0.2) is 24.3 Å². The van der Waals surface area contributed by atoms with Crippen LogP contribution < -0.4 is 5.30 Å². The summed E-state index contributed by atoms with van der Waals surface area (Å²) in [7, 11) is -1.77. The summed E-state index contributed by atoms with van der Waals surface area (Å²) >= 11 is 2.33. The first-order chi connectivity index (χ1) is 6.62. The molecule has 2 rings (SSSR count). The average Bonchev–Trinajstić information content (AvgIpc) is 2.48. The van der Waals surface area contributed by atoms with Crippen LogP contribution in [-0.2, 0) is 0 Å². The van der Waals surface area contributed by atoms with E-state index in [-0.39, 0.29) is 0 Å². The van der Waals surface area contributed by atoms with Crippen molar-refractivity contribution in [1.29, 1.82) is 0 Å². The Balaban J connectivity index is 2.35. The quantitative estimate of drug-likeness (QED) is 0.623. The molecule has 0 aliphatic carbocycles. The van der Waals surface area contributed by atoms with Crippen molar-refractivity contribution in [3.05, 3.63) is 27.8 Å². The van der Waals surface area contributed by atoms with Crippen molar-refractivity contribution in [3.63, 3.8) is 0 Å². The first-order valence-electron chi connectivity index (χ1n) is 4.97. The molecule has 76 valence electrons.